The fourth-order valence-corrected chi connectivity index (χ4v) is 3.55. The van der Waals surface area contributed by atoms with E-state index in [9.17, 15) is 4.79 Å². The molecule has 0 atom stereocenters. The largest absolute Gasteiger partial charge is 0.496 e. The van der Waals surface area contributed by atoms with Crippen molar-refractivity contribution in [2.45, 2.75) is 13.3 Å². The predicted octanol–water partition coefficient (Wildman–Crippen LogP) is 4.07. The van der Waals surface area contributed by atoms with Crippen LogP contribution in [-0.2, 0) is 4.79 Å². The summed E-state index contributed by atoms with van der Waals surface area (Å²) >= 11 is 10.0. The quantitative estimate of drug-likeness (QED) is 0.589. The van der Waals surface area contributed by atoms with Crippen LogP contribution in [0, 0.1) is 0 Å². The van der Waals surface area contributed by atoms with E-state index in [1.54, 1.807) is 12.0 Å². The summed E-state index contributed by atoms with van der Waals surface area (Å²) in [7, 11) is 1.61. The van der Waals surface area contributed by atoms with Gasteiger partial charge in [-0.2, -0.15) is 0 Å². The second kappa shape index (κ2) is 6.74. The van der Waals surface area contributed by atoms with Gasteiger partial charge in [0.15, 0.2) is 0 Å². The number of rotatable bonds is 4. The number of ether oxygens (including phenoxy) is 1. The third-order valence-corrected chi connectivity index (χ3v) is 4.67. The minimum atomic E-state index is -0.0242. The molecule has 2 rings (SSSR count). The third kappa shape index (κ3) is 3.24. The van der Waals surface area contributed by atoms with Crippen molar-refractivity contribution in [3.63, 3.8) is 0 Å². The highest BCUT2D eigenvalue weighted by molar-refractivity contribution is 9.10. The van der Waals surface area contributed by atoms with Crippen molar-refractivity contribution in [1.29, 1.82) is 0 Å². The average molecular weight is 372 g/mol. The molecular formula is C14H14BrNO2S2. The standard InChI is InChI=1S/C14H14BrNO2S2/c1-3-6-16-13(17)12(20-14(16)19)8-9-7-10(15)4-5-11(9)18-2/h4-5,7-8H,3,6H2,1-2H3/b12-8-. The van der Waals surface area contributed by atoms with Crippen LogP contribution in [0.2, 0.25) is 0 Å². The van der Waals surface area contributed by atoms with Crippen molar-refractivity contribution in [3.05, 3.63) is 33.1 Å². The van der Waals surface area contributed by atoms with Crippen molar-refractivity contribution < 1.29 is 9.53 Å². The summed E-state index contributed by atoms with van der Waals surface area (Å²) in [5.74, 6) is 0.706. The highest BCUT2D eigenvalue weighted by Crippen LogP contribution is 2.34. The highest BCUT2D eigenvalue weighted by atomic mass is 79.9. The number of methoxy groups -OCH3 is 1. The molecule has 0 N–H and O–H groups in total. The summed E-state index contributed by atoms with van der Waals surface area (Å²) in [6.45, 7) is 2.69. The van der Waals surface area contributed by atoms with Gasteiger partial charge in [0.1, 0.15) is 10.1 Å². The molecule has 0 bridgehead atoms. The molecule has 106 valence electrons. The molecule has 1 aliphatic heterocycles. The maximum absolute atomic E-state index is 12.3. The van der Waals surface area contributed by atoms with Gasteiger partial charge in [0, 0.05) is 16.6 Å². The Hall–Kier alpha value is -0.850. The van der Waals surface area contributed by atoms with Crippen LogP contribution in [0.1, 0.15) is 18.9 Å². The van der Waals surface area contributed by atoms with Gasteiger partial charge in [-0.15, -0.1) is 0 Å². The summed E-state index contributed by atoms with van der Waals surface area (Å²) in [6, 6.07) is 5.69. The first kappa shape index (κ1) is 15.5. The number of hydrogen-bond donors (Lipinski definition) is 0. The summed E-state index contributed by atoms with van der Waals surface area (Å²) in [6.07, 6.45) is 2.72. The van der Waals surface area contributed by atoms with Crippen molar-refractivity contribution in [1.82, 2.24) is 4.90 Å². The van der Waals surface area contributed by atoms with Crippen molar-refractivity contribution in [2.24, 2.45) is 0 Å². The van der Waals surface area contributed by atoms with E-state index in [2.05, 4.69) is 15.9 Å². The Bertz CT molecular complexity index is 587. The van der Waals surface area contributed by atoms with Crippen LogP contribution in [0.5, 0.6) is 5.75 Å². The first-order valence-electron chi connectivity index (χ1n) is 6.15. The first-order chi connectivity index (χ1) is 9.56. The lowest BCUT2D eigenvalue weighted by Crippen LogP contribution is -2.28. The zero-order valence-electron chi connectivity index (χ0n) is 11.2. The van der Waals surface area contributed by atoms with Gasteiger partial charge in [0.05, 0.1) is 12.0 Å². The Morgan fingerprint density at radius 2 is 2.25 bits per heavy atom. The molecule has 0 aliphatic carbocycles. The van der Waals surface area contributed by atoms with E-state index in [1.165, 1.54) is 11.8 Å². The third-order valence-electron chi connectivity index (χ3n) is 2.80. The minimum absolute atomic E-state index is 0.0242. The van der Waals surface area contributed by atoms with Gasteiger partial charge in [-0.25, -0.2) is 0 Å². The zero-order chi connectivity index (χ0) is 14.7. The molecule has 6 heteroatoms. The van der Waals surface area contributed by atoms with Gasteiger partial charge in [-0.1, -0.05) is 46.8 Å². The minimum Gasteiger partial charge on any atom is -0.496 e. The molecule has 0 saturated carbocycles. The second-order valence-corrected chi connectivity index (χ2v) is 6.81. The van der Waals surface area contributed by atoms with E-state index in [1.807, 2.05) is 31.2 Å². The Kier molecular flexibility index (Phi) is 5.23. The Labute approximate surface area is 136 Å². The molecule has 1 aliphatic rings. The zero-order valence-corrected chi connectivity index (χ0v) is 14.4. The molecule has 0 radical (unpaired) electrons. The normalized spacial score (nSPS) is 17.1. The Morgan fingerprint density at radius 3 is 2.90 bits per heavy atom. The van der Waals surface area contributed by atoms with Gasteiger partial charge in [0.25, 0.3) is 5.91 Å². The number of thioether (sulfide) groups is 1. The number of carbonyl (C=O) groups excluding carboxylic acids is 1. The molecule has 20 heavy (non-hydrogen) atoms. The maximum atomic E-state index is 12.3. The number of amides is 1. The van der Waals surface area contributed by atoms with Crippen LogP contribution < -0.4 is 4.74 Å². The summed E-state index contributed by atoms with van der Waals surface area (Å²) < 4.78 is 6.88. The Balaban J connectivity index is 2.35. The van der Waals surface area contributed by atoms with Crippen LogP contribution in [0.15, 0.2) is 27.6 Å². The fraction of sp³-hybridized carbons (Fsp3) is 0.286. The number of halogens is 1. The summed E-state index contributed by atoms with van der Waals surface area (Å²) in [5.41, 5.74) is 0.860. The van der Waals surface area contributed by atoms with Crippen LogP contribution in [0.4, 0.5) is 0 Å². The molecule has 0 unspecified atom stereocenters. The predicted molar refractivity (Wildman–Crippen MR) is 90.9 cm³/mol. The molecular weight excluding hydrogens is 358 g/mol. The van der Waals surface area contributed by atoms with Gasteiger partial charge >= 0.3 is 0 Å². The molecule has 1 amide bonds. The average Bonchev–Trinajstić information content (AvgIpc) is 2.67. The molecule has 1 fully saturated rings. The lowest BCUT2D eigenvalue weighted by atomic mass is 10.2. The lowest BCUT2D eigenvalue weighted by Gasteiger charge is -2.12. The number of nitrogens with zero attached hydrogens (tertiary/aromatic N) is 1. The van der Waals surface area contributed by atoms with E-state index in [4.69, 9.17) is 17.0 Å². The topological polar surface area (TPSA) is 29.5 Å². The second-order valence-electron chi connectivity index (χ2n) is 4.22. The molecule has 0 spiro atoms. The smallest absolute Gasteiger partial charge is 0.266 e. The van der Waals surface area contributed by atoms with Gasteiger partial charge in [-0.3, -0.25) is 9.69 Å². The first-order valence-corrected chi connectivity index (χ1v) is 8.17. The van der Waals surface area contributed by atoms with Gasteiger partial charge < -0.3 is 4.74 Å². The van der Waals surface area contributed by atoms with Crippen molar-refractivity contribution >= 4 is 56.2 Å². The van der Waals surface area contributed by atoms with Crippen molar-refractivity contribution in [2.75, 3.05) is 13.7 Å². The number of carbonyl (C=O) groups is 1. The van der Waals surface area contributed by atoms with Crippen LogP contribution in [-0.4, -0.2) is 28.8 Å². The number of benzene rings is 1. The number of hydrogen-bond acceptors (Lipinski definition) is 4. The molecule has 3 nitrogen and oxygen atoms in total. The molecule has 1 heterocycles. The van der Waals surface area contributed by atoms with E-state index in [0.29, 0.717) is 15.8 Å². The lowest BCUT2D eigenvalue weighted by molar-refractivity contribution is -0.122. The molecule has 0 aromatic heterocycles. The Morgan fingerprint density at radius 1 is 1.50 bits per heavy atom. The van der Waals surface area contributed by atoms with Crippen LogP contribution in [0.3, 0.4) is 0 Å². The highest BCUT2D eigenvalue weighted by Gasteiger charge is 2.31. The SMILES string of the molecule is CCCN1C(=O)/C(=C/c2cc(Br)ccc2OC)SC1=S. The molecule has 1 aromatic carbocycles. The van der Waals surface area contributed by atoms with Crippen molar-refractivity contribution in [3.8, 4) is 5.75 Å². The van der Waals surface area contributed by atoms with Gasteiger partial charge in [-0.05, 0) is 30.7 Å². The van der Waals surface area contributed by atoms with E-state index < -0.39 is 0 Å². The van der Waals surface area contributed by atoms with E-state index >= 15 is 0 Å². The van der Waals surface area contributed by atoms with Crippen LogP contribution in [0.25, 0.3) is 6.08 Å². The van der Waals surface area contributed by atoms with Gasteiger partial charge in [0.2, 0.25) is 0 Å². The summed E-state index contributed by atoms with van der Waals surface area (Å²) in [5, 5.41) is 0. The summed E-state index contributed by atoms with van der Waals surface area (Å²) in [4.78, 5) is 14.6. The number of thiocarbonyl (C=S) groups is 1. The van der Waals surface area contributed by atoms with E-state index in [0.717, 1.165) is 22.2 Å². The maximum Gasteiger partial charge on any atom is 0.266 e. The molecule has 1 aromatic rings. The fourth-order valence-electron chi connectivity index (χ4n) is 1.88. The van der Waals surface area contributed by atoms with Crippen LogP contribution >= 0.6 is 39.9 Å². The van der Waals surface area contributed by atoms with E-state index in [-0.39, 0.29) is 5.91 Å². The molecule has 1 saturated heterocycles. The monoisotopic (exact) mass is 371 g/mol.